The molecular weight excluding hydrogens is 445 g/mol. The molecule has 0 saturated carbocycles. The van der Waals surface area contributed by atoms with E-state index in [1.54, 1.807) is 18.2 Å². The van der Waals surface area contributed by atoms with Crippen LogP contribution in [0.2, 0.25) is 5.02 Å². The number of ether oxygens (including phenoxy) is 3. The molecule has 0 unspecified atom stereocenters. The Hall–Kier alpha value is -3.64. The first kappa shape index (κ1) is 22.6. The quantitative estimate of drug-likeness (QED) is 0.312. The molecule has 0 spiro atoms. The van der Waals surface area contributed by atoms with Gasteiger partial charge in [0.2, 0.25) is 5.90 Å². The molecule has 1 heterocycles. The lowest BCUT2D eigenvalue weighted by Crippen LogP contribution is -2.05. The van der Waals surface area contributed by atoms with E-state index in [0.29, 0.717) is 40.9 Å². The van der Waals surface area contributed by atoms with Crippen LogP contribution in [0.15, 0.2) is 71.4 Å². The number of carbonyl (C=O) groups is 1. The van der Waals surface area contributed by atoms with Gasteiger partial charge in [-0.3, -0.25) is 0 Å². The molecule has 33 heavy (non-hydrogen) atoms. The average Bonchev–Trinajstić information content (AvgIpc) is 3.14. The van der Waals surface area contributed by atoms with Gasteiger partial charge in [0, 0.05) is 5.56 Å². The maximum Gasteiger partial charge on any atom is 0.363 e. The van der Waals surface area contributed by atoms with Crippen molar-refractivity contribution < 1.29 is 23.4 Å². The second kappa shape index (κ2) is 9.88. The Labute approximate surface area is 196 Å². The molecule has 4 rings (SSSR count). The normalized spacial score (nSPS) is 14.2. The van der Waals surface area contributed by atoms with E-state index in [9.17, 15) is 9.18 Å². The first-order chi connectivity index (χ1) is 15.9. The fraction of sp³-hybridized carbons (Fsp3) is 0.154. The lowest BCUT2D eigenvalue weighted by molar-refractivity contribution is -0.129. The summed E-state index contributed by atoms with van der Waals surface area (Å²) < 4.78 is 30.1. The number of aliphatic imine (C=N–C) groups is 1. The predicted octanol–water partition coefficient (Wildman–Crippen LogP) is 6.11. The second-order valence-electron chi connectivity index (χ2n) is 7.38. The first-order valence-electron chi connectivity index (χ1n) is 10.4. The van der Waals surface area contributed by atoms with Crippen LogP contribution in [-0.4, -0.2) is 18.5 Å². The number of hydrogen-bond donors (Lipinski definition) is 0. The Bertz CT molecular complexity index is 1250. The van der Waals surface area contributed by atoms with Crippen molar-refractivity contribution in [2.24, 2.45) is 4.99 Å². The van der Waals surface area contributed by atoms with Gasteiger partial charge in [-0.15, -0.1) is 0 Å². The van der Waals surface area contributed by atoms with Crippen LogP contribution in [0.1, 0.15) is 29.2 Å². The molecule has 0 atom stereocenters. The van der Waals surface area contributed by atoms with Crippen molar-refractivity contribution in [1.29, 1.82) is 0 Å². The maximum atomic E-state index is 13.2. The van der Waals surface area contributed by atoms with Gasteiger partial charge in [0.15, 0.2) is 17.2 Å². The molecule has 3 aromatic carbocycles. The number of aryl methyl sites for hydroxylation is 1. The van der Waals surface area contributed by atoms with Gasteiger partial charge in [-0.1, -0.05) is 41.4 Å². The molecule has 1 aliphatic heterocycles. The summed E-state index contributed by atoms with van der Waals surface area (Å²) >= 11 is 6.51. The standard InChI is InChI=1S/C26H21ClFNO4/c1-3-31-23-14-18(12-21(27)24(23)32-15-17-6-4-5-16(2)11-17)13-22-26(30)33-25(29-22)19-7-9-20(28)10-8-19/h4-14H,3,15H2,1-2H3/b22-13+. The summed E-state index contributed by atoms with van der Waals surface area (Å²) in [5.74, 6) is -0.00353. The number of carbonyl (C=O) groups excluding carboxylic acids is 1. The molecule has 0 fully saturated rings. The van der Waals surface area contributed by atoms with Crippen LogP contribution in [0.5, 0.6) is 11.5 Å². The number of cyclic esters (lactones) is 1. The molecule has 0 saturated heterocycles. The molecule has 0 bridgehead atoms. The highest BCUT2D eigenvalue weighted by Gasteiger charge is 2.24. The second-order valence-corrected chi connectivity index (χ2v) is 7.79. The average molecular weight is 466 g/mol. The molecule has 3 aromatic rings. The van der Waals surface area contributed by atoms with Crippen molar-refractivity contribution in [3.63, 3.8) is 0 Å². The third-order valence-electron chi connectivity index (χ3n) is 4.81. The lowest BCUT2D eigenvalue weighted by atomic mass is 10.1. The fourth-order valence-corrected chi connectivity index (χ4v) is 3.59. The van der Waals surface area contributed by atoms with E-state index in [1.807, 2.05) is 38.1 Å². The Balaban J connectivity index is 1.61. The number of halogens is 2. The van der Waals surface area contributed by atoms with Gasteiger partial charge < -0.3 is 14.2 Å². The van der Waals surface area contributed by atoms with Crippen molar-refractivity contribution in [2.75, 3.05) is 6.61 Å². The smallest absolute Gasteiger partial charge is 0.363 e. The number of rotatable bonds is 7. The zero-order valence-electron chi connectivity index (χ0n) is 18.1. The highest BCUT2D eigenvalue weighted by atomic mass is 35.5. The molecule has 0 N–H and O–H groups in total. The lowest BCUT2D eigenvalue weighted by Gasteiger charge is -2.15. The summed E-state index contributed by atoms with van der Waals surface area (Å²) in [5.41, 5.74) is 3.35. The first-order valence-corrected chi connectivity index (χ1v) is 10.7. The Morgan fingerprint density at radius 1 is 1.09 bits per heavy atom. The molecule has 7 heteroatoms. The number of hydrogen-bond acceptors (Lipinski definition) is 5. The highest BCUT2D eigenvalue weighted by Crippen LogP contribution is 2.38. The van der Waals surface area contributed by atoms with Crippen LogP contribution >= 0.6 is 11.6 Å². The summed E-state index contributed by atoms with van der Waals surface area (Å²) in [7, 11) is 0. The Kier molecular flexibility index (Phi) is 6.75. The van der Waals surface area contributed by atoms with E-state index in [2.05, 4.69) is 4.99 Å². The number of benzene rings is 3. The van der Waals surface area contributed by atoms with Gasteiger partial charge in [-0.05, 0) is 67.4 Å². The van der Waals surface area contributed by atoms with Gasteiger partial charge in [-0.25, -0.2) is 14.2 Å². The van der Waals surface area contributed by atoms with Crippen molar-refractivity contribution in [2.45, 2.75) is 20.5 Å². The topological polar surface area (TPSA) is 57.1 Å². The molecule has 1 aliphatic rings. The molecule has 0 aliphatic carbocycles. The van der Waals surface area contributed by atoms with E-state index in [1.165, 1.54) is 24.3 Å². The number of esters is 1. The van der Waals surface area contributed by atoms with Crippen LogP contribution in [0.25, 0.3) is 6.08 Å². The minimum Gasteiger partial charge on any atom is -0.490 e. The molecule has 168 valence electrons. The molecular formula is C26H21ClFNO4. The van der Waals surface area contributed by atoms with Crippen LogP contribution in [-0.2, 0) is 16.1 Å². The van der Waals surface area contributed by atoms with E-state index < -0.39 is 5.97 Å². The van der Waals surface area contributed by atoms with Gasteiger partial charge in [0.1, 0.15) is 12.4 Å². The predicted molar refractivity (Wildman–Crippen MR) is 125 cm³/mol. The third kappa shape index (κ3) is 5.41. The van der Waals surface area contributed by atoms with Crippen molar-refractivity contribution >= 4 is 29.5 Å². The zero-order chi connectivity index (χ0) is 23.4. The van der Waals surface area contributed by atoms with E-state index >= 15 is 0 Å². The molecule has 0 aromatic heterocycles. The summed E-state index contributed by atoms with van der Waals surface area (Å²) in [6.45, 7) is 4.62. The van der Waals surface area contributed by atoms with Gasteiger partial charge in [0.25, 0.3) is 0 Å². The highest BCUT2D eigenvalue weighted by molar-refractivity contribution is 6.32. The maximum absolute atomic E-state index is 13.2. The van der Waals surface area contributed by atoms with Crippen LogP contribution < -0.4 is 9.47 Å². The summed E-state index contributed by atoms with van der Waals surface area (Å²) in [6, 6.07) is 16.9. The Morgan fingerprint density at radius 2 is 1.88 bits per heavy atom. The summed E-state index contributed by atoms with van der Waals surface area (Å²) in [4.78, 5) is 16.6. The number of nitrogens with zero attached hydrogens (tertiary/aromatic N) is 1. The third-order valence-corrected chi connectivity index (χ3v) is 5.09. The SMILES string of the molecule is CCOc1cc(/C=C2/N=C(c3ccc(F)cc3)OC2=O)cc(Cl)c1OCc1cccc(C)c1. The Morgan fingerprint density at radius 3 is 2.61 bits per heavy atom. The molecule has 0 amide bonds. The van der Waals surface area contributed by atoms with Gasteiger partial charge in [-0.2, -0.15) is 0 Å². The van der Waals surface area contributed by atoms with Crippen LogP contribution in [0.3, 0.4) is 0 Å². The summed E-state index contributed by atoms with van der Waals surface area (Å²) in [6.07, 6.45) is 1.55. The van der Waals surface area contributed by atoms with Gasteiger partial charge >= 0.3 is 5.97 Å². The van der Waals surface area contributed by atoms with E-state index in [-0.39, 0.29) is 17.4 Å². The minimum absolute atomic E-state index is 0.0984. The largest absolute Gasteiger partial charge is 0.490 e. The van der Waals surface area contributed by atoms with E-state index in [4.69, 9.17) is 25.8 Å². The monoisotopic (exact) mass is 465 g/mol. The van der Waals surface area contributed by atoms with Crippen molar-refractivity contribution in [1.82, 2.24) is 0 Å². The summed E-state index contributed by atoms with van der Waals surface area (Å²) in [5, 5.41) is 0.342. The van der Waals surface area contributed by atoms with Crippen molar-refractivity contribution in [3.05, 3.63) is 99.5 Å². The molecule has 5 nitrogen and oxygen atoms in total. The van der Waals surface area contributed by atoms with Crippen molar-refractivity contribution in [3.8, 4) is 11.5 Å². The zero-order valence-corrected chi connectivity index (χ0v) is 18.9. The van der Waals surface area contributed by atoms with Crippen LogP contribution in [0, 0.1) is 12.7 Å². The van der Waals surface area contributed by atoms with E-state index in [0.717, 1.165) is 11.1 Å². The fourth-order valence-electron chi connectivity index (χ4n) is 3.31. The van der Waals surface area contributed by atoms with Crippen LogP contribution in [0.4, 0.5) is 4.39 Å². The van der Waals surface area contributed by atoms with Gasteiger partial charge in [0.05, 0.1) is 11.6 Å². The molecule has 0 radical (unpaired) electrons. The minimum atomic E-state index is -0.608.